The number of aromatic nitrogens is 2. The largest absolute Gasteiger partial charge is 0.416 e. The van der Waals surface area contributed by atoms with Crippen molar-refractivity contribution in [2.24, 2.45) is 0 Å². The van der Waals surface area contributed by atoms with Crippen molar-refractivity contribution in [2.75, 3.05) is 0 Å². The summed E-state index contributed by atoms with van der Waals surface area (Å²) >= 11 is 0.477. The molecule has 1 amide bonds. The Hall–Kier alpha value is -2.79. The minimum absolute atomic E-state index is 0.00416. The van der Waals surface area contributed by atoms with E-state index < -0.39 is 98.2 Å². The van der Waals surface area contributed by atoms with Gasteiger partial charge in [0.1, 0.15) is 52.9 Å². The molecule has 6 nitrogen and oxygen atoms in total. The second-order valence-corrected chi connectivity index (χ2v) is 17.7. The highest BCUT2D eigenvalue weighted by atomic mass is 32.2. The van der Waals surface area contributed by atoms with Crippen LogP contribution in [-0.4, -0.2) is 188 Å². The molecular formula is C36H20B18F4N4O2S. The molecule has 1 aliphatic carbocycles. The first-order valence-corrected chi connectivity index (χ1v) is 19.9. The molecule has 0 bridgehead atoms. The van der Waals surface area contributed by atoms with Crippen LogP contribution in [0, 0.1) is 5.82 Å². The number of thioether (sulfide) groups is 1. The van der Waals surface area contributed by atoms with Crippen molar-refractivity contribution >= 4 is 181 Å². The van der Waals surface area contributed by atoms with E-state index in [-0.39, 0.29) is 45.7 Å². The van der Waals surface area contributed by atoms with Gasteiger partial charge in [0, 0.05) is 16.6 Å². The van der Waals surface area contributed by atoms with Gasteiger partial charge in [-0.25, -0.2) is 4.39 Å². The lowest BCUT2D eigenvalue weighted by molar-refractivity contribution is -0.140. The third-order valence-electron chi connectivity index (χ3n) is 10.9. The summed E-state index contributed by atoms with van der Waals surface area (Å²) in [7, 11) is 119. The van der Waals surface area contributed by atoms with Crippen LogP contribution >= 0.6 is 11.8 Å². The predicted molar refractivity (Wildman–Crippen MR) is 264 cm³/mol. The Kier molecular flexibility index (Phi) is 14.4. The first-order chi connectivity index (χ1) is 29.3. The number of benzene rings is 3. The summed E-state index contributed by atoms with van der Waals surface area (Å²) in [6, 6.07) is 8.22. The molecular weight excluding hydrogens is 823 g/mol. The predicted octanol–water partition coefficient (Wildman–Crippen LogP) is -4.80. The standard InChI is InChI=1S/C36H20B18F4N4O2S/c1-29(41,42)62(30(2,43)44)36(53,54)35(51,52)61(31(45,46)21-24(39)22(37)20(23(38)25(21)40)14-6-8-16(9-7-14)34(56,57)58)27(64)32(47,48)60-19-5-3-4-18(19)26(63)59-28(60)65-33(49,50)15-10-12-17(55)13-11-15/h6-13H,3-5H2,1-2H3. The van der Waals surface area contributed by atoms with E-state index in [0.717, 1.165) is 54.8 Å². The minimum Gasteiger partial charge on any atom is -0.361 e. The molecule has 0 atom stereocenters. The van der Waals surface area contributed by atoms with Gasteiger partial charge in [0.2, 0.25) is 5.91 Å². The zero-order chi connectivity index (χ0) is 49.6. The summed E-state index contributed by atoms with van der Waals surface area (Å²) in [4.78, 5) is 34.1. The van der Waals surface area contributed by atoms with Crippen molar-refractivity contribution in [1.82, 2.24) is 19.4 Å². The van der Waals surface area contributed by atoms with Gasteiger partial charge in [-0.3, -0.25) is 9.59 Å². The van der Waals surface area contributed by atoms with E-state index in [9.17, 15) is 22.4 Å². The molecule has 284 valence electrons. The lowest BCUT2D eigenvalue weighted by atomic mass is 9.32. The maximum absolute atomic E-state index is 15.7. The number of nitrogens with zero attached hydrogens (tertiary/aromatic N) is 4. The fraction of sp³-hybridized carbons (Fsp3) is 0.361. The molecule has 0 saturated carbocycles. The monoisotopic (exact) mass is 846 g/mol. The van der Waals surface area contributed by atoms with E-state index in [2.05, 4.69) is 4.98 Å². The summed E-state index contributed by atoms with van der Waals surface area (Å²) in [6.07, 6.45) is -4.18. The summed E-state index contributed by atoms with van der Waals surface area (Å²) in [6.45, 7) is 2.25. The van der Waals surface area contributed by atoms with Gasteiger partial charge in [-0.1, -0.05) is 88.0 Å². The Morgan fingerprint density at radius 1 is 0.692 bits per heavy atom. The molecule has 0 fully saturated rings. The second kappa shape index (κ2) is 17.6. The van der Waals surface area contributed by atoms with Crippen LogP contribution in [0.1, 0.15) is 48.2 Å². The Bertz CT molecular complexity index is 2520. The highest BCUT2D eigenvalue weighted by molar-refractivity contribution is 8.02. The first-order valence-electron chi connectivity index (χ1n) is 19.1. The quantitative estimate of drug-likeness (QED) is 0.0587. The highest BCUT2D eigenvalue weighted by Gasteiger charge is 2.56. The third kappa shape index (κ3) is 9.64. The molecule has 36 radical (unpaired) electrons. The van der Waals surface area contributed by atoms with E-state index in [1.807, 2.05) is 0 Å². The average Bonchev–Trinajstić information content (AvgIpc) is 3.62. The van der Waals surface area contributed by atoms with Gasteiger partial charge >= 0.3 is 6.18 Å². The summed E-state index contributed by atoms with van der Waals surface area (Å²) in [5, 5.41) is -17.7. The molecule has 1 aliphatic rings. The lowest BCUT2D eigenvalue weighted by Crippen LogP contribution is -2.84. The Morgan fingerprint density at radius 2 is 1.17 bits per heavy atom. The SMILES string of the molecule is [B]c1c([B])c(C([B])([B])N(C(=O)C([B])([B])n2c(SC([B])([B])c3ccc(F)cc3)nc(=O)c3c2CCC3)C([B])([B])C([B])([B])N(C([B])([B])C)C([B])([B])C)c([B])c([B])c1-c1ccc(C(F)(F)F)cc1. The molecule has 1 aromatic heterocycles. The van der Waals surface area contributed by atoms with Crippen LogP contribution in [0.2, 0.25) is 0 Å². The van der Waals surface area contributed by atoms with Crippen molar-refractivity contribution in [3.05, 3.63) is 92.6 Å². The summed E-state index contributed by atoms with van der Waals surface area (Å²) in [5.41, 5.74) is -4.67. The number of carbonyl (C=O) groups is 1. The lowest BCUT2D eigenvalue weighted by Gasteiger charge is -2.69. The molecule has 29 heteroatoms. The van der Waals surface area contributed by atoms with Crippen LogP contribution < -0.4 is 27.4 Å². The molecule has 0 unspecified atom stereocenters. The second-order valence-electron chi connectivity index (χ2n) is 16.4. The Morgan fingerprint density at radius 3 is 1.63 bits per heavy atom. The number of hydrogen-bond acceptors (Lipinski definition) is 5. The van der Waals surface area contributed by atoms with E-state index in [1.54, 1.807) is 0 Å². The van der Waals surface area contributed by atoms with Crippen molar-refractivity contribution in [3.63, 3.8) is 0 Å². The molecule has 5 rings (SSSR count). The van der Waals surface area contributed by atoms with E-state index in [0.29, 0.717) is 23.1 Å². The van der Waals surface area contributed by atoms with E-state index in [1.165, 1.54) is 12.1 Å². The Labute approximate surface area is 405 Å². The zero-order valence-corrected chi connectivity index (χ0v) is 36.0. The smallest absolute Gasteiger partial charge is 0.361 e. The fourth-order valence-corrected chi connectivity index (χ4v) is 9.03. The maximum Gasteiger partial charge on any atom is 0.416 e. The van der Waals surface area contributed by atoms with Gasteiger partial charge in [0.25, 0.3) is 5.56 Å². The zero-order valence-electron chi connectivity index (χ0n) is 35.2. The van der Waals surface area contributed by atoms with Gasteiger partial charge in [-0.05, 0) is 80.8 Å². The molecule has 0 saturated heterocycles. The van der Waals surface area contributed by atoms with Crippen molar-refractivity contribution in [2.45, 2.75) is 81.0 Å². The molecule has 0 spiro atoms. The summed E-state index contributed by atoms with van der Waals surface area (Å²) in [5.74, 6) is -2.33. The average molecular weight is 843 g/mol. The van der Waals surface area contributed by atoms with Crippen LogP contribution in [0.25, 0.3) is 11.1 Å². The van der Waals surface area contributed by atoms with Crippen LogP contribution in [0.15, 0.2) is 58.5 Å². The normalized spacial score (nSPS) is 14.3. The molecule has 4 aromatic rings. The number of rotatable bonds is 13. The van der Waals surface area contributed by atoms with Crippen LogP contribution in [0.5, 0.6) is 0 Å². The molecule has 3 aromatic carbocycles. The van der Waals surface area contributed by atoms with Crippen LogP contribution in [0.4, 0.5) is 17.6 Å². The van der Waals surface area contributed by atoms with Crippen molar-refractivity contribution < 1.29 is 22.4 Å². The molecule has 1 heterocycles. The van der Waals surface area contributed by atoms with Gasteiger partial charge in [-0.15, -0.1) is 0 Å². The topological polar surface area (TPSA) is 58.4 Å². The number of halogens is 4. The first kappa shape index (κ1) is 53.2. The molecule has 65 heavy (non-hydrogen) atoms. The van der Waals surface area contributed by atoms with Crippen molar-refractivity contribution in [3.8, 4) is 11.1 Å². The van der Waals surface area contributed by atoms with Crippen LogP contribution in [-0.2, 0) is 39.0 Å². The Balaban J connectivity index is 1.84. The number of fused-ring (bicyclic) bond motifs is 1. The highest BCUT2D eigenvalue weighted by Crippen LogP contribution is 2.42. The number of carbonyl (C=O) groups excluding carboxylic acids is 1. The van der Waals surface area contributed by atoms with Crippen LogP contribution in [0.3, 0.4) is 0 Å². The van der Waals surface area contributed by atoms with Gasteiger partial charge in [0.05, 0.1) is 99.7 Å². The van der Waals surface area contributed by atoms with E-state index >= 15 is 4.79 Å². The summed E-state index contributed by atoms with van der Waals surface area (Å²) < 4.78 is 53.2. The number of amides is 1. The van der Waals surface area contributed by atoms with Crippen molar-refractivity contribution in [1.29, 1.82) is 0 Å². The number of hydrogen-bond donors (Lipinski definition) is 0. The number of alkyl halides is 3. The minimum atomic E-state index is -4.71. The molecule has 0 N–H and O–H groups in total. The van der Waals surface area contributed by atoms with Gasteiger partial charge in [-0.2, -0.15) is 18.2 Å². The maximum atomic E-state index is 15.7. The third-order valence-corrected chi connectivity index (χ3v) is 11.9. The molecule has 0 aliphatic heterocycles. The van der Waals surface area contributed by atoms with E-state index in [4.69, 9.17) is 141 Å². The fourth-order valence-electron chi connectivity index (χ4n) is 8.00. The van der Waals surface area contributed by atoms with Gasteiger partial charge < -0.3 is 14.4 Å². The van der Waals surface area contributed by atoms with Gasteiger partial charge in [0.15, 0.2) is 5.16 Å².